The molecule has 1 atom stereocenters. The Labute approximate surface area is 109 Å². The molecule has 1 aliphatic rings. The van der Waals surface area contributed by atoms with Crippen LogP contribution in [0.1, 0.15) is 6.92 Å². The van der Waals surface area contributed by atoms with E-state index in [9.17, 15) is 4.39 Å². The minimum absolute atomic E-state index is 0.187. The van der Waals surface area contributed by atoms with Crippen LogP contribution < -0.4 is 5.32 Å². The average Bonchev–Trinajstić information content (AvgIpc) is 2.34. The molecule has 1 N–H and O–H groups in total. The van der Waals surface area contributed by atoms with E-state index in [1.165, 1.54) is 12.1 Å². The van der Waals surface area contributed by atoms with E-state index >= 15 is 0 Å². The summed E-state index contributed by atoms with van der Waals surface area (Å²) in [6, 6.07) is 7.25. The maximum Gasteiger partial charge on any atom is 0.125 e. The van der Waals surface area contributed by atoms with Gasteiger partial charge in [0.15, 0.2) is 0 Å². The Morgan fingerprint density at radius 3 is 2.94 bits per heavy atom. The molecule has 0 radical (unpaired) electrons. The highest BCUT2D eigenvalue weighted by atomic mass is 19.1. The van der Waals surface area contributed by atoms with Crippen molar-refractivity contribution in [1.82, 2.24) is 9.80 Å². The van der Waals surface area contributed by atoms with Crippen LogP contribution in [0.4, 0.5) is 10.1 Å². The average molecular weight is 251 g/mol. The van der Waals surface area contributed by atoms with Crippen molar-refractivity contribution in [2.75, 3.05) is 45.1 Å². The number of nitrogens with one attached hydrogen (secondary N) is 1. The Balaban J connectivity index is 1.72. The smallest absolute Gasteiger partial charge is 0.125 e. The lowest BCUT2D eigenvalue weighted by atomic mass is 10.2. The van der Waals surface area contributed by atoms with Gasteiger partial charge in [0.1, 0.15) is 5.82 Å². The van der Waals surface area contributed by atoms with Gasteiger partial charge in [0.2, 0.25) is 0 Å². The van der Waals surface area contributed by atoms with Gasteiger partial charge in [0.25, 0.3) is 0 Å². The van der Waals surface area contributed by atoms with Gasteiger partial charge in [-0.1, -0.05) is 6.07 Å². The fraction of sp³-hybridized carbons (Fsp3) is 0.571. The predicted octanol–water partition coefficient (Wildman–Crippen LogP) is 1.87. The first-order valence-corrected chi connectivity index (χ1v) is 6.57. The van der Waals surface area contributed by atoms with Crippen molar-refractivity contribution in [2.45, 2.75) is 13.0 Å². The van der Waals surface area contributed by atoms with Gasteiger partial charge in [0.05, 0.1) is 0 Å². The first-order valence-electron chi connectivity index (χ1n) is 6.57. The molecule has 0 aromatic heterocycles. The van der Waals surface area contributed by atoms with Gasteiger partial charge in [0, 0.05) is 44.5 Å². The summed E-state index contributed by atoms with van der Waals surface area (Å²) in [6.07, 6.45) is 0. The normalized spacial score (nSPS) is 22.1. The Kier molecular flexibility index (Phi) is 4.55. The molecule has 0 spiro atoms. The van der Waals surface area contributed by atoms with Crippen LogP contribution in [0.25, 0.3) is 0 Å². The van der Waals surface area contributed by atoms with Crippen LogP contribution in [-0.2, 0) is 0 Å². The maximum atomic E-state index is 13.0. The number of likely N-dealkylation sites (N-methyl/N-ethyl adjacent to an activating group) is 1. The van der Waals surface area contributed by atoms with E-state index in [2.05, 4.69) is 29.1 Å². The van der Waals surface area contributed by atoms with Gasteiger partial charge in [-0.25, -0.2) is 4.39 Å². The molecular weight excluding hydrogens is 229 g/mol. The summed E-state index contributed by atoms with van der Waals surface area (Å²) in [6.45, 7) is 7.48. The van der Waals surface area contributed by atoms with Gasteiger partial charge in [-0.3, -0.25) is 4.90 Å². The van der Waals surface area contributed by atoms with Gasteiger partial charge in [-0.2, -0.15) is 0 Å². The fourth-order valence-electron chi connectivity index (χ4n) is 2.28. The molecule has 1 aliphatic heterocycles. The Morgan fingerprint density at radius 2 is 2.22 bits per heavy atom. The third-order valence-electron chi connectivity index (χ3n) is 3.63. The zero-order chi connectivity index (χ0) is 13.0. The van der Waals surface area contributed by atoms with E-state index < -0.39 is 0 Å². The van der Waals surface area contributed by atoms with Crippen molar-refractivity contribution in [3.63, 3.8) is 0 Å². The fourth-order valence-corrected chi connectivity index (χ4v) is 2.28. The maximum absolute atomic E-state index is 13.0. The zero-order valence-corrected chi connectivity index (χ0v) is 11.2. The summed E-state index contributed by atoms with van der Waals surface area (Å²) >= 11 is 0. The lowest BCUT2D eigenvalue weighted by molar-refractivity contribution is 0.108. The molecule has 3 nitrogen and oxygen atoms in total. The molecule has 18 heavy (non-hydrogen) atoms. The summed E-state index contributed by atoms with van der Waals surface area (Å²) in [4.78, 5) is 4.84. The van der Waals surface area contributed by atoms with Crippen LogP contribution in [0.15, 0.2) is 24.3 Å². The zero-order valence-electron chi connectivity index (χ0n) is 11.2. The summed E-state index contributed by atoms with van der Waals surface area (Å²) in [5.74, 6) is -0.187. The van der Waals surface area contributed by atoms with Crippen molar-refractivity contribution in [2.24, 2.45) is 0 Å². The number of halogens is 1. The molecule has 4 heteroatoms. The van der Waals surface area contributed by atoms with Crippen molar-refractivity contribution in [3.05, 3.63) is 30.1 Å². The van der Waals surface area contributed by atoms with E-state index in [0.717, 1.165) is 38.4 Å². The van der Waals surface area contributed by atoms with Crippen LogP contribution in [-0.4, -0.2) is 55.6 Å². The first-order chi connectivity index (χ1) is 8.65. The van der Waals surface area contributed by atoms with E-state index in [4.69, 9.17) is 0 Å². The molecule has 0 bridgehead atoms. The number of benzene rings is 1. The molecule has 1 saturated heterocycles. The molecular formula is C14H22FN3. The van der Waals surface area contributed by atoms with Crippen LogP contribution in [0.3, 0.4) is 0 Å². The first kappa shape index (κ1) is 13.3. The monoisotopic (exact) mass is 251 g/mol. The lowest BCUT2D eigenvalue weighted by Gasteiger charge is -2.37. The summed E-state index contributed by atoms with van der Waals surface area (Å²) in [5, 5.41) is 3.26. The van der Waals surface area contributed by atoms with Crippen molar-refractivity contribution < 1.29 is 4.39 Å². The van der Waals surface area contributed by atoms with E-state index in [1.54, 1.807) is 6.07 Å². The topological polar surface area (TPSA) is 18.5 Å². The lowest BCUT2D eigenvalue weighted by Crippen LogP contribution is -2.50. The highest BCUT2D eigenvalue weighted by Crippen LogP contribution is 2.09. The van der Waals surface area contributed by atoms with Crippen LogP contribution in [0.5, 0.6) is 0 Å². The quantitative estimate of drug-likeness (QED) is 0.881. The SMILES string of the molecule is CC1CN(CCNc2cccc(F)c2)CCN1C. The van der Waals surface area contributed by atoms with Crippen molar-refractivity contribution in [1.29, 1.82) is 0 Å². The van der Waals surface area contributed by atoms with Crippen LogP contribution in [0, 0.1) is 5.82 Å². The second-order valence-corrected chi connectivity index (χ2v) is 5.07. The minimum Gasteiger partial charge on any atom is -0.384 e. The number of hydrogen-bond acceptors (Lipinski definition) is 3. The molecule has 1 aromatic rings. The van der Waals surface area contributed by atoms with E-state index in [1.807, 2.05) is 6.07 Å². The highest BCUT2D eigenvalue weighted by Gasteiger charge is 2.19. The van der Waals surface area contributed by atoms with Gasteiger partial charge in [-0.15, -0.1) is 0 Å². The summed E-state index contributed by atoms with van der Waals surface area (Å²) in [5.41, 5.74) is 0.858. The number of nitrogens with zero attached hydrogens (tertiary/aromatic N) is 2. The van der Waals surface area contributed by atoms with Crippen LogP contribution >= 0.6 is 0 Å². The second-order valence-electron chi connectivity index (χ2n) is 5.07. The number of rotatable bonds is 4. The molecule has 1 unspecified atom stereocenters. The second kappa shape index (κ2) is 6.16. The Bertz CT molecular complexity index is 383. The third kappa shape index (κ3) is 3.68. The van der Waals surface area contributed by atoms with Gasteiger partial charge in [-0.05, 0) is 32.2 Å². The van der Waals surface area contributed by atoms with Crippen molar-refractivity contribution in [3.8, 4) is 0 Å². The van der Waals surface area contributed by atoms with E-state index in [0.29, 0.717) is 6.04 Å². The summed E-state index contributed by atoms with van der Waals surface area (Å²) in [7, 11) is 2.17. The molecule has 100 valence electrons. The molecule has 1 heterocycles. The van der Waals surface area contributed by atoms with Crippen molar-refractivity contribution >= 4 is 5.69 Å². The van der Waals surface area contributed by atoms with Crippen LogP contribution in [0.2, 0.25) is 0 Å². The molecule has 1 aromatic carbocycles. The number of piperazine rings is 1. The summed E-state index contributed by atoms with van der Waals surface area (Å²) < 4.78 is 13.0. The van der Waals surface area contributed by atoms with Gasteiger partial charge >= 0.3 is 0 Å². The third-order valence-corrected chi connectivity index (χ3v) is 3.63. The van der Waals surface area contributed by atoms with Gasteiger partial charge < -0.3 is 10.2 Å². The standard InChI is InChI=1S/C14H22FN3/c1-12-11-18(9-8-17(12)2)7-6-16-14-5-3-4-13(15)10-14/h3-5,10,12,16H,6-9,11H2,1-2H3. The molecule has 0 amide bonds. The largest absolute Gasteiger partial charge is 0.384 e. The Hall–Kier alpha value is -1.13. The predicted molar refractivity (Wildman–Crippen MR) is 73.4 cm³/mol. The number of anilines is 1. The minimum atomic E-state index is -0.187. The van der Waals surface area contributed by atoms with E-state index in [-0.39, 0.29) is 5.82 Å². The molecule has 2 rings (SSSR count). The number of hydrogen-bond donors (Lipinski definition) is 1. The molecule has 0 aliphatic carbocycles. The molecule has 1 fully saturated rings. The highest BCUT2D eigenvalue weighted by molar-refractivity contribution is 5.42. The molecule has 0 saturated carbocycles. The Morgan fingerprint density at radius 1 is 1.39 bits per heavy atom.